The highest BCUT2D eigenvalue weighted by molar-refractivity contribution is 6.02. The Bertz CT molecular complexity index is 1060. The molecule has 0 radical (unpaired) electrons. The number of carbonyl (C=O) groups is 2. The Morgan fingerprint density at radius 2 is 1.90 bits per heavy atom. The number of anilines is 2. The molecule has 0 bridgehead atoms. The van der Waals surface area contributed by atoms with Gasteiger partial charge in [0.15, 0.2) is 12.0 Å². The first kappa shape index (κ1) is 23.2. The van der Waals surface area contributed by atoms with E-state index in [9.17, 15) is 27.2 Å². The van der Waals surface area contributed by atoms with E-state index in [-0.39, 0.29) is 22.7 Å². The van der Waals surface area contributed by atoms with Gasteiger partial charge < -0.3 is 20.1 Å². The topological polar surface area (TPSA) is 101 Å². The number of carbonyl (C=O) groups excluding carboxylic acids is 2. The molecule has 162 valence electrons. The number of methoxy groups -OCH3 is 1. The van der Waals surface area contributed by atoms with E-state index in [0.29, 0.717) is 6.07 Å². The van der Waals surface area contributed by atoms with Crippen LogP contribution in [0.5, 0.6) is 5.75 Å². The van der Waals surface area contributed by atoms with Gasteiger partial charge in [0.05, 0.1) is 24.0 Å². The van der Waals surface area contributed by atoms with Crippen molar-refractivity contribution in [2.45, 2.75) is 6.18 Å². The summed E-state index contributed by atoms with van der Waals surface area (Å²) in [5, 5.41) is 11.1. The molecule has 0 aromatic heterocycles. The molecule has 0 saturated heterocycles. The number of para-hydroxylation sites is 1. The van der Waals surface area contributed by atoms with E-state index in [1.54, 1.807) is 5.87 Å². The van der Waals surface area contributed by atoms with Crippen molar-refractivity contribution in [1.82, 2.24) is 0 Å². The molecule has 31 heavy (non-hydrogen) atoms. The third-order valence-corrected chi connectivity index (χ3v) is 3.68. The highest BCUT2D eigenvalue weighted by Crippen LogP contribution is 2.35. The first-order chi connectivity index (χ1) is 14.7. The number of amides is 2. The quantitative estimate of drug-likeness (QED) is 0.198. The molecule has 2 aromatic carbocycles. The van der Waals surface area contributed by atoms with E-state index in [0.717, 1.165) is 37.6 Å². The van der Waals surface area contributed by atoms with Crippen molar-refractivity contribution in [1.29, 1.82) is 5.41 Å². The molecule has 0 fully saturated rings. The maximum Gasteiger partial charge on any atom is 0.416 e. The second-order valence-electron chi connectivity index (χ2n) is 5.73. The summed E-state index contributed by atoms with van der Waals surface area (Å²) in [6.07, 6.45) is -1.74. The summed E-state index contributed by atoms with van der Waals surface area (Å²) in [5.74, 6) is 0.00501. The first-order valence-corrected chi connectivity index (χ1v) is 8.40. The van der Waals surface area contributed by atoms with Crippen molar-refractivity contribution in [2.24, 2.45) is 0 Å². The van der Waals surface area contributed by atoms with Gasteiger partial charge >= 0.3 is 18.2 Å². The lowest BCUT2D eigenvalue weighted by molar-refractivity contribution is -0.137. The smallest absolute Gasteiger partial charge is 0.416 e. The number of rotatable bonds is 6. The van der Waals surface area contributed by atoms with Gasteiger partial charge in [0.2, 0.25) is 0 Å². The molecule has 0 saturated carbocycles. The fourth-order valence-corrected chi connectivity index (χ4v) is 2.30. The van der Waals surface area contributed by atoms with Crippen LogP contribution in [-0.2, 0) is 15.7 Å². The lowest BCUT2D eigenvalue weighted by Crippen LogP contribution is -2.21. The number of ether oxygens (including phenoxy) is 2. The van der Waals surface area contributed by atoms with Crippen LogP contribution in [0.15, 0.2) is 48.7 Å². The standard InChI is InChI=1S/C20H15F4N3O4/c1-30-17(28)8-5-12-3-2-4-14(21)18(12)27-19(29)26-15-11-13(20(22,23)24)6-7-16(15)31-10-9-25/h2-8,10-11,25H,1H3,(H2,26,27,29)/b8-5+. The summed E-state index contributed by atoms with van der Waals surface area (Å²) < 4.78 is 62.6. The highest BCUT2D eigenvalue weighted by Gasteiger charge is 2.31. The average Bonchev–Trinajstić information content (AvgIpc) is 2.72. The van der Waals surface area contributed by atoms with E-state index >= 15 is 0 Å². The van der Waals surface area contributed by atoms with Gasteiger partial charge in [-0.15, -0.1) is 0 Å². The van der Waals surface area contributed by atoms with Crippen molar-refractivity contribution in [3.8, 4) is 5.75 Å². The summed E-state index contributed by atoms with van der Waals surface area (Å²) in [7, 11) is 1.15. The average molecular weight is 437 g/mol. The van der Waals surface area contributed by atoms with Crippen LogP contribution >= 0.6 is 0 Å². The van der Waals surface area contributed by atoms with Gasteiger partial charge in [0.25, 0.3) is 0 Å². The fourth-order valence-electron chi connectivity index (χ4n) is 2.30. The Balaban J connectivity index is 2.33. The molecule has 2 aromatic rings. The molecule has 0 unspecified atom stereocenters. The predicted octanol–water partition coefficient (Wildman–Crippen LogP) is 4.82. The van der Waals surface area contributed by atoms with Crippen molar-refractivity contribution >= 4 is 35.3 Å². The number of hydrogen-bond donors (Lipinski definition) is 3. The number of esters is 1. The second kappa shape index (κ2) is 10.1. The summed E-state index contributed by atoms with van der Waals surface area (Å²) in [6.45, 7) is 0. The van der Waals surface area contributed by atoms with Crippen LogP contribution in [0.2, 0.25) is 0 Å². The molecule has 7 nitrogen and oxygen atoms in total. The van der Waals surface area contributed by atoms with Gasteiger partial charge in [0.1, 0.15) is 5.82 Å². The van der Waals surface area contributed by atoms with E-state index in [1.807, 2.05) is 0 Å². The lowest BCUT2D eigenvalue weighted by Gasteiger charge is -2.15. The van der Waals surface area contributed by atoms with Gasteiger partial charge in [0, 0.05) is 17.5 Å². The van der Waals surface area contributed by atoms with Crippen molar-refractivity contribution < 1.29 is 36.6 Å². The minimum absolute atomic E-state index is 0.104. The zero-order chi connectivity index (χ0) is 23.0. The molecule has 2 amide bonds. The van der Waals surface area contributed by atoms with E-state index in [2.05, 4.69) is 15.4 Å². The van der Waals surface area contributed by atoms with Crippen molar-refractivity contribution in [2.75, 3.05) is 17.7 Å². The maximum absolute atomic E-state index is 14.2. The van der Waals surface area contributed by atoms with Gasteiger partial charge in [-0.25, -0.2) is 14.0 Å². The van der Waals surface area contributed by atoms with E-state index in [1.165, 1.54) is 18.2 Å². The van der Waals surface area contributed by atoms with Crippen LogP contribution in [0.25, 0.3) is 6.08 Å². The zero-order valence-corrected chi connectivity index (χ0v) is 15.8. The number of benzene rings is 2. The second-order valence-corrected chi connectivity index (χ2v) is 5.73. The maximum atomic E-state index is 14.2. The third-order valence-electron chi connectivity index (χ3n) is 3.68. The molecule has 11 heteroatoms. The molecule has 0 aliphatic carbocycles. The molecule has 2 rings (SSSR count). The molecule has 0 heterocycles. The largest absolute Gasteiger partial charge is 0.466 e. The Labute approximate surface area is 173 Å². The van der Waals surface area contributed by atoms with Gasteiger partial charge in [-0.2, -0.15) is 13.2 Å². The summed E-state index contributed by atoms with van der Waals surface area (Å²) >= 11 is 0. The molecule has 0 spiro atoms. The van der Waals surface area contributed by atoms with Crippen LogP contribution in [0, 0.1) is 11.2 Å². The van der Waals surface area contributed by atoms with Crippen LogP contribution in [0.4, 0.5) is 33.7 Å². The van der Waals surface area contributed by atoms with Crippen LogP contribution in [0.3, 0.4) is 0 Å². The van der Waals surface area contributed by atoms with Crippen LogP contribution in [0.1, 0.15) is 11.1 Å². The minimum atomic E-state index is -4.69. The lowest BCUT2D eigenvalue weighted by atomic mass is 10.1. The van der Waals surface area contributed by atoms with Crippen LogP contribution in [-0.4, -0.2) is 25.0 Å². The van der Waals surface area contributed by atoms with Gasteiger partial charge in [-0.1, -0.05) is 12.1 Å². The molecular formula is C20H15F4N3O4. The SMILES string of the molecule is COC(=O)/C=C/c1cccc(F)c1NC(=O)Nc1cc(C(F)(F)F)ccc1OC=C=N. The summed E-state index contributed by atoms with van der Waals surface area (Å²) in [5.41, 5.74) is -1.68. The van der Waals surface area contributed by atoms with E-state index in [4.69, 9.17) is 10.1 Å². The number of alkyl halides is 3. The summed E-state index contributed by atoms with van der Waals surface area (Å²) in [6, 6.07) is 4.97. The normalized spacial score (nSPS) is 10.9. The highest BCUT2D eigenvalue weighted by atomic mass is 19.4. The predicted molar refractivity (Wildman–Crippen MR) is 104 cm³/mol. The fraction of sp³-hybridized carbons (Fsp3) is 0.100. The third kappa shape index (κ3) is 6.44. The molecule has 0 atom stereocenters. The Morgan fingerprint density at radius 1 is 1.16 bits per heavy atom. The minimum Gasteiger partial charge on any atom is -0.466 e. The van der Waals surface area contributed by atoms with Gasteiger partial charge in [-0.05, 0) is 30.3 Å². The Kier molecular flexibility index (Phi) is 7.53. The van der Waals surface area contributed by atoms with E-state index < -0.39 is 29.6 Å². The number of hydrogen-bond acceptors (Lipinski definition) is 5. The summed E-state index contributed by atoms with van der Waals surface area (Å²) in [4.78, 5) is 23.6. The van der Waals surface area contributed by atoms with Crippen molar-refractivity contribution in [3.63, 3.8) is 0 Å². The molecule has 0 aliphatic heterocycles. The van der Waals surface area contributed by atoms with Crippen molar-refractivity contribution in [3.05, 3.63) is 65.7 Å². The monoisotopic (exact) mass is 437 g/mol. The number of nitrogens with one attached hydrogen (secondary N) is 3. The molecular weight excluding hydrogens is 422 g/mol. The number of urea groups is 1. The molecule has 0 aliphatic rings. The van der Waals surface area contributed by atoms with Crippen LogP contribution < -0.4 is 15.4 Å². The van der Waals surface area contributed by atoms with Gasteiger partial charge in [-0.3, -0.25) is 5.41 Å². The first-order valence-electron chi connectivity index (χ1n) is 8.40. The Morgan fingerprint density at radius 3 is 2.55 bits per heavy atom. The zero-order valence-electron chi connectivity index (χ0n) is 15.8. The number of halogens is 4. The molecule has 3 N–H and O–H groups in total. The Hall–Kier alpha value is -4.11.